The number of amides is 1. The van der Waals surface area contributed by atoms with E-state index in [1.54, 1.807) is 0 Å². The number of benzene rings is 2. The molecule has 6 nitrogen and oxygen atoms in total. The summed E-state index contributed by atoms with van der Waals surface area (Å²) in [5.74, 6) is 0.918. The molecule has 2 fully saturated rings. The van der Waals surface area contributed by atoms with E-state index in [4.69, 9.17) is 26.2 Å². The first kappa shape index (κ1) is 25.6. The van der Waals surface area contributed by atoms with Crippen LogP contribution in [0, 0.1) is 6.92 Å². The molecule has 3 aromatic rings. The average molecular weight is 521 g/mol. The van der Waals surface area contributed by atoms with Gasteiger partial charge in [-0.2, -0.15) is 0 Å². The molecule has 0 saturated heterocycles. The van der Waals surface area contributed by atoms with Crippen LogP contribution in [0.4, 0.5) is 4.79 Å². The van der Waals surface area contributed by atoms with Gasteiger partial charge in [-0.25, -0.2) is 4.79 Å². The second kappa shape index (κ2) is 11.1. The molecule has 0 atom stereocenters. The van der Waals surface area contributed by atoms with Gasteiger partial charge in [-0.1, -0.05) is 35.9 Å². The van der Waals surface area contributed by atoms with Gasteiger partial charge in [0.15, 0.2) is 0 Å². The molecule has 0 aliphatic heterocycles. The van der Waals surface area contributed by atoms with Crippen molar-refractivity contribution in [1.29, 1.82) is 0 Å². The van der Waals surface area contributed by atoms with Crippen LogP contribution in [-0.4, -0.2) is 28.8 Å². The van der Waals surface area contributed by atoms with Crippen molar-refractivity contribution in [3.8, 4) is 16.9 Å². The fourth-order valence-electron chi connectivity index (χ4n) is 4.77. The summed E-state index contributed by atoms with van der Waals surface area (Å²) in [5, 5.41) is 11.8. The van der Waals surface area contributed by atoms with Gasteiger partial charge >= 0.3 is 6.09 Å². The number of unbranched alkanes of at least 4 members (excludes halogenated alkanes) is 1. The third-order valence-electron chi connectivity index (χ3n) is 7.17. The second-order valence-corrected chi connectivity index (χ2v) is 10.5. The van der Waals surface area contributed by atoms with Gasteiger partial charge < -0.3 is 19.9 Å². The Morgan fingerprint density at radius 3 is 2.70 bits per heavy atom. The van der Waals surface area contributed by atoms with E-state index in [-0.39, 0.29) is 5.60 Å². The number of para-hydroxylation sites is 1. The molecule has 194 valence electrons. The highest BCUT2D eigenvalue weighted by molar-refractivity contribution is 6.31. The summed E-state index contributed by atoms with van der Waals surface area (Å²) in [6.45, 7) is 2.98. The summed E-state index contributed by atoms with van der Waals surface area (Å²) < 4.78 is 12.8. The number of hydrogen-bond acceptors (Lipinski definition) is 4. The van der Waals surface area contributed by atoms with Gasteiger partial charge in [-0.05, 0) is 92.3 Å². The van der Waals surface area contributed by atoms with Crippen LogP contribution >= 0.6 is 11.6 Å². The van der Waals surface area contributed by atoms with Crippen molar-refractivity contribution in [3.05, 3.63) is 82.1 Å². The van der Waals surface area contributed by atoms with Gasteiger partial charge in [0, 0.05) is 35.1 Å². The summed E-state index contributed by atoms with van der Waals surface area (Å²) in [4.78, 5) is 15.0. The van der Waals surface area contributed by atoms with E-state index < -0.39 is 6.09 Å². The normalized spacial score (nSPS) is 15.8. The Labute approximate surface area is 223 Å². The highest BCUT2D eigenvalue weighted by Crippen LogP contribution is 2.53. The van der Waals surface area contributed by atoms with E-state index in [2.05, 4.69) is 35.4 Å². The van der Waals surface area contributed by atoms with Crippen molar-refractivity contribution in [3.63, 3.8) is 0 Å². The first-order valence-electron chi connectivity index (χ1n) is 13.0. The predicted octanol–water partition coefficient (Wildman–Crippen LogP) is 7.05. The second-order valence-electron chi connectivity index (χ2n) is 10.1. The van der Waals surface area contributed by atoms with E-state index in [1.807, 2.05) is 36.7 Å². The van der Waals surface area contributed by atoms with E-state index in [0.717, 1.165) is 72.9 Å². The molecule has 1 amide bonds. The lowest BCUT2D eigenvalue weighted by molar-refractivity contribution is 0.0173. The van der Waals surface area contributed by atoms with Crippen molar-refractivity contribution >= 4 is 17.7 Å². The molecule has 2 saturated carbocycles. The van der Waals surface area contributed by atoms with Gasteiger partial charge in [0.25, 0.3) is 0 Å². The number of halogens is 1. The number of hydrogen-bond donors (Lipinski definition) is 2. The maximum absolute atomic E-state index is 10.6. The Hall–Kier alpha value is -3.09. The largest absolute Gasteiger partial charge is 0.490 e. The van der Waals surface area contributed by atoms with Crippen molar-refractivity contribution < 1.29 is 19.4 Å². The molecular weight excluding hydrogens is 488 g/mol. The van der Waals surface area contributed by atoms with Gasteiger partial charge in [-0.15, -0.1) is 0 Å². The average Bonchev–Trinajstić information content (AvgIpc) is 3.82. The topological polar surface area (TPSA) is 80.7 Å². The van der Waals surface area contributed by atoms with Crippen molar-refractivity contribution in [2.75, 3.05) is 6.54 Å². The standard InChI is InChI=1S/C30H33ClN2O4/c1-20-16-22(27(31)17-21(20)6-4-5-14-33-29(34)35)19-36-30(12-13-30)26-18-32-15-11-24(26)25-7-2-3-8-28(25)37-23-9-10-23/h2-3,7-8,11,15-18,23,33H,4-6,9-10,12-14,19H2,1H3,(H,34,35). The lowest BCUT2D eigenvalue weighted by atomic mass is 9.96. The zero-order valence-corrected chi connectivity index (χ0v) is 21.9. The quantitative estimate of drug-likeness (QED) is 0.250. The minimum absolute atomic E-state index is 0.326. The Morgan fingerprint density at radius 1 is 1.14 bits per heavy atom. The number of nitrogens with one attached hydrogen (secondary N) is 1. The SMILES string of the molecule is Cc1cc(COC2(c3cnccc3-c3ccccc3OC3CC3)CC2)c(Cl)cc1CCCCNC(=O)O. The van der Waals surface area contributed by atoms with Crippen LogP contribution in [0.2, 0.25) is 5.02 Å². The lowest BCUT2D eigenvalue weighted by Gasteiger charge is -2.22. The molecule has 1 heterocycles. The number of carbonyl (C=O) groups is 1. The number of ether oxygens (including phenoxy) is 2. The van der Waals surface area contributed by atoms with Crippen LogP contribution in [0.25, 0.3) is 11.1 Å². The molecule has 2 N–H and O–H groups in total. The van der Waals surface area contributed by atoms with E-state index >= 15 is 0 Å². The third kappa shape index (κ3) is 6.25. The number of rotatable bonds is 12. The number of aromatic nitrogens is 1. The highest BCUT2D eigenvalue weighted by Gasteiger charge is 2.47. The maximum Gasteiger partial charge on any atom is 0.404 e. The molecule has 0 spiro atoms. The third-order valence-corrected chi connectivity index (χ3v) is 7.52. The van der Waals surface area contributed by atoms with Crippen molar-refractivity contribution in [2.24, 2.45) is 0 Å². The number of pyridine rings is 1. The van der Waals surface area contributed by atoms with Crippen LogP contribution < -0.4 is 10.1 Å². The van der Waals surface area contributed by atoms with E-state index in [9.17, 15) is 4.79 Å². The van der Waals surface area contributed by atoms with Gasteiger partial charge in [-0.3, -0.25) is 4.98 Å². The molecule has 2 aromatic carbocycles. The van der Waals surface area contributed by atoms with Crippen LogP contribution in [0.3, 0.4) is 0 Å². The molecule has 37 heavy (non-hydrogen) atoms. The fourth-order valence-corrected chi connectivity index (χ4v) is 5.01. The molecule has 2 aliphatic carbocycles. The molecular formula is C30H33ClN2O4. The lowest BCUT2D eigenvalue weighted by Crippen LogP contribution is -2.21. The predicted molar refractivity (Wildman–Crippen MR) is 144 cm³/mol. The zero-order valence-electron chi connectivity index (χ0n) is 21.1. The molecule has 7 heteroatoms. The number of nitrogens with zero attached hydrogens (tertiary/aromatic N) is 1. The number of aryl methyl sites for hydroxylation is 2. The minimum atomic E-state index is -0.980. The smallest absolute Gasteiger partial charge is 0.404 e. The highest BCUT2D eigenvalue weighted by atomic mass is 35.5. The van der Waals surface area contributed by atoms with Crippen LogP contribution in [0.5, 0.6) is 5.75 Å². The monoisotopic (exact) mass is 520 g/mol. The minimum Gasteiger partial charge on any atom is -0.490 e. The Kier molecular flexibility index (Phi) is 7.68. The molecule has 1 aromatic heterocycles. The van der Waals surface area contributed by atoms with E-state index in [1.165, 1.54) is 11.1 Å². The first-order valence-corrected chi connectivity index (χ1v) is 13.4. The van der Waals surface area contributed by atoms with Gasteiger partial charge in [0.05, 0.1) is 18.3 Å². The summed E-state index contributed by atoms with van der Waals surface area (Å²) in [6, 6.07) is 14.4. The molecule has 2 aliphatic rings. The summed E-state index contributed by atoms with van der Waals surface area (Å²) in [7, 11) is 0. The Morgan fingerprint density at radius 2 is 1.95 bits per heavy atom. The maximum atomic E-state index is 10.6. The van der Waals surface area contributed by atoms with Crippen LogP contribution in [-0.2, 0) is 23.4 Å². The Bertz CT molecular complexity index is 1270. The summed E-state index contributed by atoms with van der Waals surface area (Å²) in [6.07, 6.45) is 9.78. The summed E-state index contributed by atoms with van der Waals surface area (Å²) >= 11 is 6.68. The van der Waals surface area contributed by atoms with Gasteiger partial charge in [0.1, 0.15) is 5.75 Å². The van der Waals surface area contributed by atoms with Crippen LogP contribution in [0.15, 0.2) is 54.9 Å². The number of carboxylic acid groups (broad SMARTS) is 1. The van der Waals surface area contributed by atoms with Gasteiger partial charge in [0.2, 0.25) is 0 Å². The van der Waals surface area contributed by atoms with Crippen LogP contribution in [0.1, 0.15) is 60.8 Å². The zero-order chi connectivity index (χ0) is 25.8. The van der Waals surface area contributed by atoms with Crippen molar-refractivity contribution in [2.45, 2.75) is 70.2 Å². The Balaban J connectivity index is 1.28. The summed E-state index contributed by atoms with van der Waals surface area (Å²) in [5.41, 5.74) is 6.26. The fraction of sp³-hybridized carbons (Fsp3) is 0.400. The van der Waals surface area contributed by atoms with E-state index in [0.29, 0.717) is 24.3 Å². The van der Waals surface area contributed by atoms with Crippen molar-refractivity contribution in [1.82, 2.24) is 10.3 Å². The molecule has 0 bridgehead atoms. The first-order chi connectivity index (χ1) is 17.9. The molecule has 0 unspecified atom stereocenters. The molecule has 5 rings (SSSR count). The molecule has 0 radical (unpaired) electrons.